The maximum atomic E-state index is 12.5. The van der Waals surface area contributed by atoms with Crippen molar-refractivity contribution < 1.29 is 9.53 Å². The summed E-state index contributed by atoms with van der Waals surface area (Å²) < 4.78 is 5.84. The summed E-state index contributed by atoms with van der Waals surface area (Å²) in [4.78, 5) is 12.5. The molecule has 1 atom stereocenters. The number of nitrogens with one attached hydrogen (secondary N) is 1. The number of rotatable bonds is 6. The van der Waals surface area contributed by atoms with Crippen molar-refractivity contribution in [3.8, 4) is 5.75 Å². The summed E-state index contributed by atoms with van der Waals surface area (Å²) in [6.45, 7) is 2.39. The molecule has 1 aliphatic rings. The molecule has 3 nitrogen and oxygen atoms in total. The molecule has 1 fully saturated rings. The van der Waals surface area contributed by atoms with Gasteiger partial charge in [0.05, 0.1) is 5.56 Å². The fourth-order valence-electron chi connectivity index (χ4n) is 2.55. The molecule has 0 aliphatic heterocycles. The van der Waals surface area contributed by atoms with Crippen LogP contribution in [-0.4, -0.2) is 11.9 Å². The minimum atomic E-state index is -0.0841. The van der Waals surface area contributed by atoms with Crippen molar-refractivity contribution in [1.82, 2.24) is 5.32 Å². The van der Waals surface area contributed by atoms with E-state index in [1.165, 1.54) is 12.8 Å². The molecule has 1 aliphatic carbocycles. The van der Waals surface area contributed by atoms with Gasteiger partial charge in [-0.15, -0.1) is 0 Å². The smallest absolute Gasteiger partial charge is 0.255 e. The Hall–Kier alpha value is -2.00. The summed E-state index contributed by atoms with van der Waals surface area (Å²) in [5.41, 5.74) is 1.46. The lowest BCUT2D eigenvalue weighted by molar-refractivity contribution is 0.0931. The quantitative estimate of drug-likeness (QED) is 0.850. The molecule has 0 radical (unpaired) electrons. The zero-order chi connectivity index (χ0) is 16.2. The van der Waals surface area contributed by atoms with Gasteiger partial charge in [-0.1, -0.05) is 41.9 Å². The maximum Gasteiger partial charge on any atom is 0.255 e. The van der Waals surface area contributed by atoms with Crippen LogP contribution in [0.25, 0.3) is 0 Å². The predicted octanol–water partition coefficient (Wildman–Crippen LogP) is 4.45. The van der Waals surface area contributed by atoms with Gasteiger partial charge in [0.2, 0.25) is 0 Å². The average Bonchev–Trinajstić information content (AvgIpc) is 3.39. The molecule has 0 bridgehead atoms. The maximum absolute atomic E-state index is 12.5. The summed E-state index contributed by atoms with van der Waals surface area (Å²) in [6, 6.07) is 15.1. The third-order valence-electron chi connectivity index (χ3n) is 4.16. The number of ether oxygens (including phenoxy) is 1. The number of hydrogen-bond donors (Lipinski definition) is 1. The normalized spacial score (nSPS) is 15.0. The lowest BCUT2D eigenvalue weighted by atomic mass is 10.1. The summed E-state index contributed by atoms with van der Waals surface area (Å²) >= 11 is 6.14. The SMILES string of the molecule is C[C@@H](NC(=O)c1ccccc1OCc1ccccc1Cl)C1CC1. The van der Waals surface area contributed by atoms with E-state index in [-0.39, 0.29) is 11.9 Å². The number of halogens is 1. The number of carbonyl (C=O) groups excluding carboxylic acids is 1. The second kappa shape index (κ2) is 7.05. The molecule has 0 spiro atoms. The van der Waals surface area contributed by atoms with Gasteiger partial charge in [0.15, 0.2) is 0 Å². The zero-order valence-electron chi connectivity index (χ0n) is 13.1. The number of benzene rings is 2. The third-order valence-corrected chi connectivity index (χ3v) is 4.53. The Labute approximate surface area is 141 Å². The Bertz CT molecular complexity index is 697. The molecular weight excluding hydrogens is 310 g/mol. The van der Waals surface area contributed by atoms with Crippen LogP contribution in [0.4, 0.5) is 0 Å². The van der Waals surface area contributed by atoms with E-state index in [9.17, 15) is 4.79 Å². The van der Waals surface area contributed by atoms with Crippen LogP contribution in [-0.2, 0) is 6.61 Å². The number of amides is 1. The minimum absolute atomic E-state index is 0.0841. The van der Waals surface area contributed by atoms with E-state index in [0.29, 0.717) is 28.9 Å². The van der Waals surface area contributed by atoms with Crippen molar-refractivity contribution >= 4 is 17.5 Å². The lowest BCUT2D eigenvalue weighted by Gasteiger charge is -2.15. The topological polar surface area (TPSA) is 38.3 Å². The van der Waals surface area contributed by atoms with E-state index < -0.39 is 0 Å². The first-order valence-electron chi connectivity index (χ1n) is 7.91. The van der Waals surface area contributed by atoms with Crippen LogP contribution < -0.4 is 10.1 Å². The molecule has 4 heteroatoms. The minimum Gasteiger partial charge on any atom is -0.488 e. The van der Waals surface area contributed by atoms with Gasteiger partial charge in [-0.05, 0) is 43.9 Å². The third kappa shape index (κ3) is 4.05. The molecule has 0 heterocycles. The molecule has 2 aromatic rings. The van der Waals surface area contributed by atoms with Crippen LogP contribution in [0.1, 0.15) is 35.7 Å². The van der Waals surface area contributed by atoms with Crippen LogP contribution in [0.3, 0.4) is 0 Å². The molecule has 2 aromatic carbocycles. The van der Waals surface area contributed by atoms with Crippen molar-refractivity contribution in [2.45, 2.75) is 32.4 Å². The fraction of sp³-hybridized carbons (Fsp3) is 0.316. The number of hydrogen-bond acceptors (Lipinski definition) is 2. The van der Waals surface area contributed by atoms with Gasteiger partial charge in [0.1, 0.15) is 12.4 Å². The molecule has 1 saturated carbocycles. The first kappa shape index (κ1) is 15.9. The van der Waals surface area contributed by atoms with Gasteiger partial charge >= 0.3 is 0 Å². The van der Waals surface area contributed by atoms with Crippen LogP contribution >= 0.6 is 11.6 Å². The van der Waals surface area contributed by atoms with Gasteiger partial charge in [0, 0.05) is 16.6 Å². The Kier molecular flexibility index (Phi) is 4.87. The van der Waals surface area contributed by atoms with Crippen LogP contribution in [0, 0.1) is 5.92 Å². The summed E-state index contributed by atoms with van der Waals surface area (Å²) in [5, 5.41) is 3.73. The van der Waals surface area contributed by atoms with Crippen LogP contribution in [0.5, 0.6) is 5.75 Å². The van der Waals surface area contributed by atoms with Gasteiger partial charge in [0.25, 0.3) is 5.91 Å². The second-order valence-electron chi connectivity index (χ2n) is 5.98. The van der Waals surface area contributed by atoms with E-state index in [1.807, 2.05) is 42.5 Å². The van der Waals surface area contributed by atoms with E-state index >= 15 is 0 Å². The van der Waals surface area contributed by atoms with E-state index in [1.54, 1.807) is 6.07 Å². The van der Waals surface area contributed by atoms with Gasteiger partial charge < -0.3 is 10.1 Å². The van der Waals surface area contributed by atoms with Crippen LogP contribution in [0.15, 0.2) is 48.5 Å². The molecule has 0 saturated heterocycles. The fourth-order valence-corrected chi connectivity index (χ4v) is 2.74. The van der Waals surface area contributed by atoms with Crippen molar-refractivity contribution in [1.29, 1.82) is 0 Å². The highest BCUT2D eigenvalue weighted by Gasteiger charge is 2.29. The second-order valence-corrected chi connectivity index (χ2v) is 6.38. The highest BCUT2D eigenvalue weighted by Crippen LogP contribution is 2.32. The predicted molar refractivity (Wildman–Crippen MR) is 91.9 cm³/mol. The van der Waals surface area contributed by atoms with Crippen molar-refractivity contribution in [3.63, 3.8) is 0 Å². The van der Waals surface area contributed by atoms with Crippen molar-refractivity contribution in [3.05, 3.63) is 64.7 Å². The summed E-state index contributed by atoms with van der Waals surface area (Å²) in [5.74, 6) is 1.11. The molecular formula is C19H20ClNO2. The monoisotopic (exact) mass is 329 g/mol. The highest BCUT2D eigenvalue weighted by atomic mass is 35.5. The van der Waals surface area contributed by atoms with Gasteiger partial charge in [-0.2, -0.15) is 0 Å². The Balaban J connectivity index is 1.70. The zero-order valence-corrected chi connectivity index (χ0v) is 13.8. The Morgan fingerprint density at radius 1 is 1.22 bits per heavy atom. The Morgan fingerprint density at radius 3 is 2.65 bits per heavy atom. The van der Waals surface area contributed by atoms with Crippen LogP contribution in [0.2, 0.25) is 5.02 Å². The van der Waals surface area contributed by atoms with E-state index in [2.05, 4.69) is 12.2 Å². The van der Waals surface area contributed by atoms with Gasteiger partial charge in [-0.3, -0.25) is 4.79 Å². The molecule has 1 N–H and O–H groups in total. The molecule has 0 unspecified atom stereocenters. The van der Waals surface area contributed by atoms with Gasteiger partial charge in [-0.25, -0.2) is 0 Å². The molecule has 1 amide bonds. The summed E-state index contributed by atoms with van der Waals surface area (Å²) in [7, 11) is 0. The molecule has 3 rings (SSSR count). The lowest BCUT2D eigenvalue weighted by Crippen LogP contribution is -2.34. The first-order valence-corrected chi connectivity index (χ1v) is 8.29. The largest absolute Gasteiger partial charge is 0.488 e. The number of carbonyl (C=O) groups is 1. The standard InChI is InChI=1S/C19H20ClNO2/c1-13(14-10-11-14)21-19(22)16-7-3-5-9-18(16)23-12-15-6-2-4-8-17(15)20/h2-9,13-14H,10-12H2,1H3,(H,21,22)/t13-/m1/s1. The molecule has 0 aromatic heterocycles. The number of para-hydroxylation sites is 1. The first-order chi connectivity index (χ1) is 11.1. The van der Waals surface area contributed by atoms with Crippen molar-refractivity contribution in [2.75, 3.05) is 0 Å². The van der Waals surface area contributed by atoms with E-state index in [4.69, 9.17) is 16.3 Å². The summed E-state index contributed by atoms with van der Waals surface area (Å²) in [6.07, 6.45) is 2.40. The highest BCUT2D eigenvalue weighted by molar-refractivity contribution is 6.31. The van der Waals surface area contributed by atoms with E-state index in [0.717, 1.165) is 5.56 Å². The van der Waals surface area contributed by atoms with Crippen molar-refractivity contribution in [2.24, 2.45) is 5.92 Å². The Morgan fingerprint density at radius 2 is 1.91 bits per heavy atom. The molecule has 120 valence electrons. The molecule has 23 heavy (non-hydrogen) atoms. The average molecular weight is 330 g/mol.